The van der Waals surface area contributed by atoms with E-state index in [4.69, 9.17) is 25.8 Å². The number of aryl methyl sites for hydroxylation is 1. The lowest BCUT2D eigenvalue weighted by atomic mass is 10.1. The number of carbonyl (C=O) groups is 4. The van der Waals surface area contributed by atoms with Crippen molar-refractivity contribution in [2.24, 2.45) is 0 Å². The number of carbonyl (C=O) groups excluding carboxylic acids is 4. The summed E-state index contributed by atoms with van der Waals surface area (Å²) in [5, 5.41) is 2.26. The lowest BCUT2D eigenvalue weighted by molar-refractivity contribution is -0.145. The summed E-state index contributed by atoms with van der Waals surface area (Å²) in [6.45, 7) is 5.12. The summed E-state index contributed by atoms with van der Waals surface area (Å²) >= 11 is 7.08. The fraction of sp³-hybridized carbons (Fsp3) is 0.280. The molecule has 0 saturated carbocycles. The SMILES string of the molecule is CCOC(=O)COc1c(Cl)cc(/C=C2/SC(=O)N(CC(=O)Nc3ccc(C)cc3)C2=O)cc1OCC. The zero-order valence-corrected chi connectivity index (χ0v) is 21.5. The number of hydrogen-bond donors (Lipinski definition) is 1. The molecule has 1 aliphatic rings. The number of amides is 3. The second-order valence-electron chi connectivity index (χ2n) is 7.54. The predicted molar refractivity (Wildman–Crippen MR) is 137 cm³/mol. The van der Waals surface area contributed by atoms with Gasteiger partial charge in [-0.3, -0.25) is 19.3 Å². The van der Waals surface area contributed by atoms with E-state index in [2.05, 4.69) is 5.32 Å². The van der Waals surface area contributed by atoms with Gasteiger partial charge in [0.25, 0.3) is 11.1 Å². The first-order valence-electron chi connectivity index (χ1n) is 11.1. The van der Waals surface area contributed by atoms with Gasteiger partial charge in [-0.2, -0.15) is 0 Å². The van der Waals surface area contributed by atoms with Gasteiger partial charge in [0, 0.05) is 5.69 Å². The van der Waals surface area contributed by atoms with Crippen LogP contribution in [0.25, 0.3) is 6.08 Å². The van der Waals surface area contributed by atoms with E-state index in [1.54, 1.807) is 32.0 Å². The van der Waals surface area contributed by atoms with Crippen LogP contribution >= 0.6 is 23.4 Å². The van der Waals surface area contributed by atoms with E-state index in [1.807, 2.05) is 19.1 Å². The van der Waals surface area contributed by atoms with Gasteiger partial charge in [-0.1, -0.05) is 29.3 Å². The smallest absolute Gasteiger partial charge is 0.344 e. The third-order valence-corrected chi connectivity index (χ3v) is 5.97. The number of halogens is 1. The summed E-state index contributed by atoms with van der Waals surface area (Å²) in [4.78, 5) is 50.3. The van der Waals surface area contributed by atoms with Crippen molar-refractivity contribution < 1.29 is 33.4 Å². The van der Waals surface area contributed by atoms with Gasteiger partial charge in [0.15, 0.2) is 18.1 Å². The fourth-order valence-electron chi connectivity index (χ4n) is 3.18. The van der Waals surface area contributed by atoms with Crippen molar-refractivity contribution in [3.63, 3.8) is 0 Å². The third-order valence-electron chi connectivity index (χ3n) is 4.78. The number of anilines is 1. The van der Waals surface area contributed by atoms with Gasteiger partial charge in [0.1, 0.15) is 6.54 Å². The topological polar surface area (TPSA) is 111 Å². The summed E-state index contributed by atoms with van der Waals surface area (Å²) in [6, 6.07) is 10.2. The highest BCUT2D eigenvalue weighted by Gasteiger charge is 2.36. The second-order valence-corrected chi connectivity index (χ2v) is 8.94. The molecule has 0 spiro atoms. The van der Waals surface area contributed by atoms with Crippen molar-refractivity contribution in [1.29, 1.82) is 0 Å². The lowest BCUT2D eigenvalue weighted by Crippen LogP contribution is -2.36. The molecule has 0 atom stereocenters. The maximum Gasteiger partial charge on any atom is 0.344 e. The van der Waals surface area contributed by atoms with Crippen LogP contribution in [0.15, 0.2) is 41.3 Å². The Morgan fingerprint density at radius 3 is 2.47 bits per heavy atom. The number of thioether (sulfide) groups is 1. The summed E-state index contributed by atoms with van der Waals surface area (Å²) < 4.78 is 15.9. The second kappa shape index (κ2) is 12.5. The number of esters is 1. The summed E-state index contributed by atoms with van der Waals surface area (Å²) in [7, 11) is 0. The molecule has 0 aromatic heterocycles. The molecule has 9 nitrogen and oxygen atoms in total. The maximum absolute atomic E-state index is 12.9. The number of hydrogen-bond acceptors (Lipinski definition) is 8. The monoisotopic (exact) mass is 532 g/mol. The number of rotatable bonds is 10. The van der Waals surface area contributed by atoms with Crippen molar-refractivity contribution in [2.45, 2.75) is 20.8 Å². The third kappa shape index (κ3) is 7.02. The number of imide groups is 1. The lowest BCUT2D eigenvalue weighted by Gasteiger charge is -2.14. The van der Waals surface area contributed by atoms with Gasteiger partial charge >= 0.3 is 5.97 Å². The van der Waals surface area contributed by atoms with Crippen molar-refractivity contribution in [1.82, 2.24) is 4.90 Å². The van der Waals surface area contributed by atoms with E-state index in [0.29, 0.717) is 17.9 Å². The number of ether oxygens (including phenoxy) is 3. The first-order chi connectivity index (χ1) is 17.2. The molecule has 36 heavy (non-hydrogen) atoms. The molecule has 1 aliphatic heterocycles. The molecule has 1 saturated heterocycles. The zero-order chi connectivity index (χ0) is 26.2. The molecule has 0 aliphatic carbocycles. The van der Waals surface area contributed by atoms with Crippen molar-refractivity contribution in [2.75, 3.05) is 31.7 Å². The number of nitrogens with zero attached hydrogens (tertiary/aromatic N) is 1. The highest BCUT2D eigenvalue weighted by Crippen LogP contribution is 2.39. The van der Waals surface area contributed by atoms with E-state index in [-0.39, 0.29) is 34.6 Å². The van der Waals surface area contributed by atoms with Gasteiger partial charge in [-0.05, 0) is 68.4 Å². The average molecular weight is 533 g/mol. The number of nitrogens with one attached hydrogen (secondary N) is 1. The van der Waals surface area contributed by atoms with Crippen molar-refractivity contribution in [3.8, 4) is 11.5 Å². The Bertz CT molecular complexity index is 1200. The molecular formula is C25H25ClN2O7S. The van der Waals surface area contributed by atoms with Crippen molar-refractivity contribution >= 4 is 58.1 Å². The van der Waals surface area contributed by atoms with Crippen LogP contribution < -0.4 is 14.8 Å². The Labute approximate surface area is 217 Å². The molecule has 11 heteroatoms. The van der Waals surface area contributed by atoms with E-state index in [9.17, 15) is 19.2 Å². The van der Waals surface area contributed by atoms with Crippen LogP contribution in [0, 0.1) is 6.92 Å². The van der Waals surface area contributed by atoms with Crippen LogP contribution in [0.5, 0.6) is 11.5 Å². The minimum Gasteiger partial charge on any atom is -0.490 e. The Morgan fingerprint density at radius 1 is 1.08 bits per heavy atom. The fourth-order valence-corrected chi connectivity index (χ4v) is 4.29. The summed E-state index contributed by atoms with van der Waals surface area (Å²) in [5.74, 6) is -1.23. The van der Waals surface area contributed by atoms with Gasteiger partial charge in [0.2, 0.25) is 5.91 Å². The average Bonchev–Trinajstić information content (AvgIpc) is 3.07. The Morgan fingerprint density at radius 2 is 1.81 bits per heavy atom. The molecule has 0 bridgehead atoms. The standard InChI is InChI=1S/C25H25ClN2O7S/c1-4-33-19-11-16(10-18(26)23(19)35-14-22(30)34-5-2)12-20-24(31)28(25(32)36-20)13-21(29)27-17-8-6-15(3)7-9-17/h6-12H,4-5,13-14H2,1-3H3,(H,27,29)/b20-12+. The summed E-state index contributed by atoms with van der Waals surface area (Å²) in [6.07, 6.45) is 1.48. The largest absolute Gasteiger partial charge is 0.490 e. The van der Waals surface area contributed by atoms with Gasteiger partial charge in [-0.15, -0.1) is 0 Å². The van der Waals surface area contributed by atoms with Crippen LogP contribution in [-0.4, -0.2) is 54.3 Å². The van der Waals surface area contributed by atoms with E-state index >= 15 is 0 Å². The highest BCUT2D eigenvalue weighted by atomic mass is 35.5. The van der Waals surface area contributed by atoms with Crippen LogP contribution in [-0.2, 0) is 19.1 Å². The molecular weight excluding hydrogens is 508 g/mol. The zero-order valence-electron chi connectivity index (χ0n) is 20.0. The Hall–Kier alpha value is -3.50. The van der Waals surface area contributed by atoms with Gasteiger partial charge in [-0.25, -0.2) is 4.79 Å². The molecule has 2 aromatic rings. The molecule has 1 N–H and O–H groups in total. The molecule has 3 amide bonds. The molecule has 2 aromatic carbocycles. The van der Waals surface area contributed by atoms with Gasteiger partial charge in [0.05, 0.1) is 23.1 Å². The highest BCUT2D eigenvalue weighted by molar-refractivity contribution is 8.18. The van der Waals surface area contributed by atoms with Crippen LogP contribution in [0.2, 0.25) is 5.02 Å². The van der Waals surface area contributed by atoms with Gasteiger partial charge < -0.3 is 19.5 Å². The molecule has 190 valence electrons. The predicted octanol–water partition coefficient (Wildman–Crippen LogP) is 4.66. The molecule has 0 unspecified atom stereocenters. The Balaban J connectivity index is 1.74. The van der Waals surface area contributed by atoms with Crippen LogP contribution in [0.4, 0.5) is 10.5 Å². The molecule has 0 radical (unpaired) electrons. The quantitative estimate of drug-likeness (QED) is 0.347. The van der Waals surface area contributed by atoms with Crippen LogP contribution in [0.3, 0.4) is 0 Å². The normalized spacial score (nSPS) is 14.2. The molecule has 1 heterocycles. The van der Waals surface area contributed by atoms with Crippen molar-refractivity contribution in [3.05, 3.63) is 57.5 Å². The minimum atomic E-state index is -0.597. The summed E-state index contributed by atoms with van der Waals surface area (Å²) in [5.41, 5.74) is 2.08. The van der Waals surface area contributed by atoms with E-state index in [0.717, 1.165) is 22.2 Å². The first-order valence-corrected chi connectivity index (χ1v) is 12.3. The van der Waals surface area contributed by atoms with E-state index in [1.165, 1.54) is 12.1 Å². The van der Waals surface area contributed by atoms with Crippen LogP contribution in [0.1, 0.15) is 25.0 Å². The molecule has 1 fully saturated rings. The Kier molecular flexibility index (Phi) is 9.38. The maximum atomic E-state index is 12.9. The first kappa shape index (κ1) is 27.1. The minimum absolute atomic E-state index is 0.127. The van der Waals surface area contributed by atoms with E-state index < -0.39 is 29.6 Å². The molecule has 3 rings (SSSR count). The number of benzene rings is 2.